The molecule has 180 valence electrons. The predicted octanol–water partition coefficient (Wildman–Crippen LogP) is 5.01. The fourth-order valence-electron chi connectivity index (χ4n) is 3.69. The fraction of sp³-hybridized carbons (Fsp3) is 0.269. The highest BCUT2D eigenvalue weighted by Gasteiger charge is 2.28. The summed E-state index contributed by atoms with van der Waals surface area (Å²) in [6.07, 6.45) is 0. The number of amides is 1. The second kappa shape index (κ2) is 11.4. The van der Waals surface area contributed by atoms with Gasteiger partial charge < -0.3 is 10.2 Å². The highest BCUT2D eigenvalue weighted by Crippen LogP contribution is 2.30. The van der Waals surface area contributed by atoms with Crippen LogP contribution in [0.4, 0.5) is 11.4 Å². The Labute approximate surface area is 207 Å². The van der Waals surface area contributed by atoms with Crippen molar-refractivity contribution in [2.75, 3.05) is 28.8 Å². The van der Waals surface area contributed by atoms with Crippen LogP contribution in [-0.4, -0.2) is 34.0 Å². The van der Waals surface area contributed by atoms with Gasteiger partial charge >= 0.3 is 0 Å². The van der Waals surface area contributed by atoms with Crippen LogP contribution in [0.5, 0.6) is 0 Å². The summed E-state index contributed by atoms with van der Waals surface area (Å²) >= 11 is 6.26. The van der Waals surface area contributed by atoms with Crippen LogP contribution in [0, 0.1) is 6.92 Å². The van der Waals surface area contributed by atoms with E-state index in [0.717, 1.165) is 28.6 Å². The van der Waals surface area contributed by atoms with Crippen molar-refractivity contribution in [3.63, 3.8) is 0 Å². The molecule has 0 heterocycles. The normalized spacial score (nSPS) is 11.2. The maximum atomic E-state index is 13.5. The van der Waals surface area contributed by atoms with E-state index in [9.17, 15) is 13.2 Å². The van der Waals surface area contributed by atoms with Crippen LogP contribution in [0.25, 0.3) is 0 Å². The van der Waals surface area contributed by atoms with Crippen molar-refractivity contribution in [1.29, 1.82) is 0 Å². The zero-order valence-corrected chi connectivity index (χ0v) is 21.2. The van der Waals surface area contributed by atoms with Gasteiger partial charge in [0.05, 0.1) is 10.6 Å². The average molecular weight is 500 g/mol. The molecule has 0 fully saturated rings. The second-order valence-electron chi connectivity index (χ2n) is 7.82. The monoisotopic (exact) mass is 499 g/mol. The maximum Gasteiger partial charge on any atom is 0.264 e. The summed E-state index contributed by atoms with van der Waals surface area (Å²) in [4.78, 5) is 15.2. The van der Waals surface area contributed by atoms with E-state index in [4.69, 9.17) is 11.6 Å². The largest absolute Gasteiger partial charge is 0.372 e. The van der Waals surface area contributed by atoms with Gasteiger partial charge in [-0.15, -0.1) is 0 Å². The lowest BCUT2D eigenvalue weighted by Gasteiger charge is -2.26. The Morgan fingerprint density at radius 3 is 2.18 bits per heavy atom. The van der Waals surface area contributed by atoms with Crippen molar-refractivity contribution < 1.29 is 13.2 Å². The summed E-state index contributed by atoms with van der Waals surface area (Å²) in [5, 5.41) is 3.27. The first-order valence-corrected chi connectivity index (χ1v) is 13.0. The van der Waals surface area contributed by atoms with Crippen LogP contribution >= 0.6 is 11.6 Å². The molecule has 0 spiro atoms. The molecule has 0 saturated carbocycles. The van der Waals surface area contributed by atoms with E-state index < -0.39 is 15.9 Å². The third kappa shape index (κ3) is 5.90. The number of hydrogen-bond donors (Lipinski definition) is 1. The highest BCUT2D eigenvalue weighted by atomic mass is 35.5. The molecule has 0 aliphatic heterocycles. The average Bonchev–Trinajstić information content (AvgIpc) is 2.85. The number of nitrogens with one attached hydrogen (secondary N) is 1. The quantitative estimate of drug-likeness (QED) is 0.426. The van der Waals surface area contributed by atoms with Gasteiger partial charge in [0.1, 0.15) is 6.54 Å². The first kappa shape index (κ1) is 25.6. The Morgan fingerprint density at radius 2 is 1.56 bits per heavy atom. The first-order valence-electron chi connectivity index (χ1n) is 11.2. The van der Waals surface area contributed by atoms with Crippen LogP contribution in [0.15, 0.2) is 77.7 Å². The molecule has 0 aromatic heterocycles. The minimum Gasteiger partial charge on any atom is -0.372 e. The molecule has 0 unspecified atom stereocenters. The van der Waals surface area contributed by atoms with Gasteiger partial charge in [0, 0.05) is 30.3 Å². The van der Waals surface area contributed by atoms with E-state index >= 15 is 0 Å². The van der Waals surface area contributed by atoms with E-state index in [1.807, 2.05) is 24.3 Å². The molecule has 3 aromatic rings. The molecule has 6 nitrogen and oxygen atoms in total. The number of halogens is 1. The number of rotatable bonds is 10. The van der Waals surface area contributed by atoms with Crippen molar-refractivity contribution in [2.45, 2.75) is 32.2 Å². The zero-order valence-electron chi connectivity index (χ0n) is 19.7. The van der Waals surface area contributed by atoms with Crippen molar-refractivity contribution in [3.05, 3.63) is 88.9 Å². The molecule has 1 N–H and O–H groups in total. The van der Waals surface area contributed by atoms with Crippen molar-refractivity contribution >= 4 is 38.9 Å². The molecule has 0 aliphatic rings. The van der Waals surface area contributed by atoms with Gasteiger partial charge in [-0.3, -0.25) is 9.10 Å². The lowest BCUT2D eigenvalue weighted by molar-refractivity contribution is -0.119. The lowest BCUT2D eigenvalue weighted by atomic mass is 10.2. The van der Waals surface area contributed by atoms with Gasteiger partial charge in [0.15, 0.2) is 0 Å². The van der Waals surface area contributed by atoms with Gasteiger partial charge in [-0.1, -0.05) is 48.0 Å². The minimum absolute atomic E-state index is 0.106. The molecule has 3 aromatic carbocycles. The molecule has 0 bridgehead atoms. The highest BCUT2D eigenvalue weighted by molar-refractivity contribution is 7.92. The molecule has 8 heteroatoms. The predicted molar refractivity (Wildman–Crippen MR) is 139 cm³/mol. The molecule has 34 heavy (non-hydrogen) atoms. The van der Waals surface area contributed by atoms with E-state index in [-0.39, 0.29) is 11.4 Å². The zero-order chi connectivity index (χ0) is 24.7. The molecule has 3 rings (SSSR count). The summed E-state index contributed by atoms with van der Waals surface area (Å²) in [7, 11) is -3.98. The van der Waals surface area contributed by atoms with E-state index in [1.165, 1.54) is 12.1 Å². The van der Waals surface area contributed by atoms with Crippen LogP contribution in [0.3, 0.4) is 0 Å². The van der Waals surface area contributed by atoms with Crippen molar-refractivity contribution in [1.82, 2.24) is 5.32 Å². The number of nitrogens with zero attached hydrogens (tertiary/aromatic N) is 2. The molecule has 0 atom stereocenters. The summed E-state index contributed by atoms with van der Waals surface area (Å²) in [5.74, 6) is -0.410. The fourth-order valence-corrected chi connectivity index (χ4v) is 5.36. The molecule has 0 radical (unpaired) electrons. The molecule has 0 saturated heterocycles. The van der Waals surface area contributed by atoms with Crippen molar-refractivity contribution in [2.24, 2.45) is 0 Å². The van der Waals surface area contributed by atoms with E-state index in [1.54, 1.807) is 43.3 Å². The number of benzene rings is 3. The Balaban J connectivity index is 1.80. The van der Waals surface area contributed by atoms with Gasteiger partial charge in [-0.2, -0.15) is 0 Å². The van der Waals surface area contributed by atoms with Gasteiger partial charge in [-0.05, 0) is 68.3 Å². The Kier molecular flexibility index (Phi) is 8.58. The molecular formula is C26H30ClN3O3S. The standard InChI is InChI=1S/C26H30ClN3O3S/c1-4-29(5-2)22-16-14-21(15-17-22)18-28-26(31)19-30(25-13-9-12-24(27)20(25)3)34(32,33)23-10-7-6-8-11-23/h6-17H,4-5,18-19H2,1-3H3,(H,28,31). The number of carbonyl (C=O) groups is 1. The summed E-state index contributed by atoms with van der Waals surface area (Å²) in [6, 6.07) is 21.1. The molecule has 0 aliphatic carbocycles. The van der Waals surface area contributed by atoms with Crippen molar-refractivity contribution in [3.8, 4) is 0 Å². The van der Waals surface area contributed by atoms with Crippen LogP contribution in [-0.2, 0) is 21.4 Å². The Hall–Kier alpha value is -3.03. The van der Waals surface area contributed by atoms with Gasteiger partial charge in [0.2, 0.25) is 5.91 Å². The third-order valence-corrected chi connectivity index (χ3v) is 7.86. The summed E-state index contributed by atoms with van der Waals surface area (Å²) < 4.78 is 28.0. The third-order valence-electron chi connectivity index (χ3n) is 5.68. The smallest absolute Gasteiger partial charge is 0.264 e. The van der Waals surface area contributed by atoms with E-state index in [2.05, 4.69) is 24.1 Å². The first-order chi connectivity index (χ1) is 16.3. The topological polar surface area (TPSA) is 69.7 Å². The van der Waals surface area contributed by atoms with Gasteiger partial charge in [0.25, 0.3) is 10.0 Å². The molecule has 1 amide bonds. The molecular weight excluding hydrogens is 470 g/mol. The van der Waals surface area contributed by atoms with Gasteiger partial charge in [-0.25, -0.2) is 8.42 Å². The second-order valence-corrected chi connectivity index (χ2v) is 10.1. The SMILES string of the molecule is CCN(CC)c1ccc(CNC(=O)CN(c2cccc(Cl)c2C)S(=O)(=O)c2ccccc2)cc1. The number of sulfonamides is 1. The van der Waals surface area contributed by atoms with Crippen LogP contribution < -0.4 is 14.5 Å². The number of anilines is 2. The Morgan fingerprint density at radius 1 is 0.912 bits per heavy atom. The number of carbonyl (C=O) groups excluding carboxylic acids is 1. The van der Waals surface area contributed by atoms with Crippen LogP contribution in [0.2, 0.25) is 5.02 Å². The number of hydrogen-bond acceptors (Lipinski definition) is 4. The lowest BCUT2D eigenvalue weighted by Crippen LogP contribution is -2.41. The summed E-state index contributed by atoms with van der Waals surface area (Å²) in [5.41, 5.74) is 3.01. The van der Waals surface area contributed by atoms with Crippen LogP contribution in [0.1, 0.15) is 25.0 Å². The maximum absolute atomic E-state index is 13.5. The summed E-state index contributed by atoms with van der Waals surface area (Å²) in [6.45, 7) is 7.72. The minimum atomic E-state index is -3.98. The van der Waals surface area contributed by atoms with E-state index in [0.29, 0.717) is 22.8 Å². The Bertz CT molecular complexity index is 1210.